The summed E-state index contributed by atoms with van der Waals surface area (Å²) in [5, 5.41) is 1.63. The van der Waals surface area contributed by atoms with E-state index in [0.29, 0.717) is 0 Å². The first-order valence-corrected chi connectivity index (χ1v) is 7.62. The highest BCUT2D eigenvalue weighted by Crippen LogP contribution is 2.41. The Hall–Kier alpha value is -0.180. The van der Waals surface area contributed by atoms with Crippen LogP contribution in [0.3, 0.4) is 0 Å². The number of hydrogen-bond acceptors (Lipinski definition) is 2. The van der Waals surface area contributed by atoms with E-state index < -0.39 is 0 Å². The molecule has 92 valence electrons. The van der Waals surface area contributed by atoms with Crippen LogP contribution in [0, 0.1) is 0 Å². The molecule has 2 atom stereocenters. The second kappa shape index (κ2) is 4.83. The van der Waals surface area contributed by atoms with Gasteiger partial charge in [-0.25, -0.2) is 0 Å². The monoisotopic (exact) mass is 267 g/mol. The van der Waals surface area contributed by atoms with Gasteiger partial charge in [-0.3, -0.25) is 0 Å². The van der Waals surface area contributed by atoms with Crippen molar-refractivity contribution >= 4 is 23.4 Å². The van der Waals surface area contributed by atoms with Crippen LogP contribution >= 0.6 is 23.4 Å². The van der Waals surface area contributed by atoms with Crippen molar-refractivity contribution in [1.29, 1.82) is 0 Å². The molecule has 1 aromatic rings. The maximum absolute atomic E-state index is 6.03. The predicted molar refractivity (Wildman–Crippen MR) is 74.9 cm³/mol. The normalized spacial score (nSPS) is 32.9. The molecule has 0 radical (unpaired) electrons. The van der Waals surface area contributed by atoms with Gasteiger partial charge in [0.05, 0.1) is 0 Å². The Morgan fingerprint density at radius 3 is 2.59 bits per heavy atom. The average molecular weight is 268 g/mol. The van der Waals surface area contributed by atoms with Crippen molar-refractivity contribution in [3.05, 3.63) is 29.3 Å². The molecule has 0 amide bonds. The molecule has 2 bridgehead atoms. The van der Waals surface area contributed by atoms with Gasteiger partial charge in [-0.05, 0) is 50.9 Å². The molecule has 2 heterocycles. The van der Waals surface area contributed by atoms with Crippen LogP contribution in [0.25, 0.3) is 0 Å². The van der Waals surface area contributed by atoms with Gasteiger partial charge in [-0.15, -0.1) is 11.8 Å². The number of halogens is 1. The molecule has 0 aliphatic carbocycles. The second-order valence-corrected chi connectivity index (χ2v) is 7.03. The first-order valence-electron chi connectivity index (χ1n) is 6.36. The van der Waals surface area contributed by atoms with E-state index in [2.05, 4.69) is 24.1 Å². The molecule has 3 rings (SSSR count). The Balaban J connectivity index is 1.67. The number of piperidine rings is 1. The smallest absolute Gasteiger partial charge is 0.0417 e. The number of rotatable bonds is 2. The van der Waals surface area contributed by atoms with E-state index in [9.17, 15) is 0 Å². The lowest BCUT2D eigenvalue weighted by Crippen LogP contribution is -2.40. The van der Waals surface area contributed by atoms with Gasteiger partial charge >= 0.3 is 0 Å². The molecular formula is C14H18ClNS. The van der Waals surface area contributed by atoms with Gasteiger partial charge in [0.1, 0.15) is 0 Å². The van der Waals surface area contributed by atoms with Crippen LogP contribution in [0.4, 0.5) is 0 Å². The highest BCUT2D eigenvalue weighted by Gasteiger charge is 2.38. The summed E-state index contributed by atoms with van der Waals surface area (Å²) < 4.78 is 0. The maximum atomic E-state index is 6.03. The van der Waals surface area contributed by atoms with E-state index in [1.807, 2.05) is 23.9 Å². The molecule has 17 heavy (non-hydrogen) atoms. The number of benzene rings is 1. The maximum Gasteiger partial charge on any atom is 0.0417 e. The van der Waals surface area contributed by atoms with Crippen molar-refractivity contribution in [3.63, 3.8) is 0 Å². The van der Waals surface area contributed by atoms with Crippen LogP contribution in [0.5, 0.6) is 0 Å². The number of nitrogens with zero attached hydrogens (tertiary/aromatic N) is 1. The predicted octanol–water partition coefficient (Wildman–Crippen LogP) is 4.06. The molecule has 2 unspecified atom stereocenters. The highest BCUT2D eigenvalue weighted by atomic mass is 35.5. The Bertz CT molecular complexity index is 395. The number of fused-ring (bicyclic) bond motifs is 2. The molecule has 2 aliphatic heterocycles. The summed E-state index contributed by atoms with van der Waals surface area (Å²) in [5.41, 5.74) is 0. The van der Waals surface area contributed by atoms with Crippen LogP contribution < -0.4 is 0 Å². The molecule has 1 aromatic carbocycles. The van der Waals surface area contributed by atoms with E-state index in [-0.39, 0.29) is 0 Å². The molecular weight excluding hydrogens is 250 g/mol. The summed E-state index contributed by atoms with van der Waals surface area (Å²) in [4.78, 5) is 3.92. The minimum atomic E-state index is 0.780. The molecule has 3 heteroatoms. The van der Waals surface area contributed by atoms with E-state index in [1.54, 1.807) is 0 Å². The second-order valence-electron chi connectivity index (χ2n) is 5.22. The lowest BCUT2D eigenvalue weighted by atomic mass is 10.0. The molecule has 0 spiro atoms. The van der Waals surface area contributed by atoms with Crippen molar-refractivity contribution in [2.75, 3.05) is 7.05 Å². The van der Waals surface area contributed by atoms with Crippen molar-refractivity contribution in [2.45, 2.75) is 47.9 Å². The molecule has 2 fully saturated rings. The zero-order valence-electron chi connectivity index (χ0n) is 10.1. The first kappa shape index (κ1) is 11.9. The largest absolute Gasteiger partial charge is 0.300 e. The molecule has 2 aliphatic rings. The summed E-state index contributed by atoms with van der Waals surface area (Å²) in [6, 6.07) is 9.91. The summed E-state index contributed by atoms with van der Waals surface area (Å²) in [7, 11) is 2.29. The quantitative estimate of drug-likeness (QED) is 0.795. The third-order valence-electron chi connectivity index (χ3n) is 4.15. The van der Waals surface area contributed by atoms with Gasteiger partial charge in [0.15, 0.2) is 0 Å². The van der Waals surface area contributed by atoms with Crippen LogP contribution in [0.2, 0.25) is 5.02 Å². The topological polar surface area (TPSA) is 3.24 Å². The summed E-state index contributed by atoms with van der Waals surface area (Å²) in [5.74, 6) is 0. The Labute approximate surface area is 113 Å². The van der Waals surface area contributed by atoms with Crippen LogP contribution in [-0.4, -0.2) is 29.3 Å². The van der Waals surface area contributed by atoms with Crippen LogP contribution in [0.15, 0.2) is 29.2 Å². The molecule has 0 aromatic heterocycles. The summed E-state index contributed by atoms with van der Waals surface area (Å²) >= 11 is 8.05. The van der Waals surface area contributed by atoms with Crippen LogP contribution in [0.1, 0.15) is 25.7 Å². The van der Waals surface area contributed by atoms with E-state index in [0.717, 1.165) is 22.4 Å². The van der Waals surface area contributed by atoms with Gasteiger partial charge < -0.3 is 4.90 Å². The van der Waals surface area contributed by atoms with Gasteiger partial charge in [0, 0.05) is 27.3 Å². The highest BCUT2D eigenvalue weighted by molar-refractivity contribution is 8.00. The minimum Gasteiger partial charge on any atom is -0.300 e. The van der Waals surface area contributed by atoms with E-state index in [4.69, 9.17) is 11.6 Å². The number of thioether (sulfide) groups is 1. The Morgan fingerprint density at radius 2 is 1.94 bits per heavy atom. The average Bonchev–Trinajstić information content (AvgIpc) is 2.52. The van der Waals surface area contributed by atoms with Crippen molar-refractivity contribution in [2.24, 2.45) is 0 Å². The fraction of sp³-hybridized carbons (Fsp3) is 0.571. The van der Waals surface area contributed by atoms with Crippen LogP contribution in [-0.2, 0) is 0 Å². The van der Waals surface area contributed by atoms with Crippen molar-refractivity contribution < 1.29 is 0 Å². The Morgan fingerprint density at radius 1 is 1.24 bits per heavy atom. The Kier molecular flexibility index (Phi) is 3.38. The summed E-state index contributed by atoms with van der Waals surface area (Å²) in [6.45, 7) is 0. The van der Waals surface area contributed by atoms with Gasteiger partial charge in [0.2, 0.25) is 0 Å². The zero-order chi connectivity index (χ0) is 11.8. The fourth-order valence-electron chi connectivity index (χ4n) is 3.19. The van der Waals surface area contributed by atoms with Crippen molar-refractivity contribution in [3.8, 4) is 0 Å². The van der Waals surface area contributed by atoms with Crippen molar-refractivity contribution in [1.82, 2.24) is 4.90 Å². The third-order valence-corrected chi connectivity index (χ3v) is 5.63. The standard InChI is InChI=1S/C14H18ClNS/c1-16-11-5-6-12(16)9-14(8-11)17-13-4-2-3-10(15)7-13/h2-4,7,11-12,14H,5-6,8-9H2,1H3. The van der Waals surface area contributed by atoms with Gasteiger partial charge in [-0.1, -0.05) is 17.7 Å². The molecule has 2 saturated heterocycles. The van der Waals surface area contributed by atoms with E-state index >= 15 is 0 Å². The van der Waals surface area contributed by atoms with Gasteiger partial charge in [0.25, 0.3) is 0 Å². The lowest BCUT2D eigenvalue weighted by Gasteiger charge is -2.36. The third kappa shape index (κ3) is 2.49. The molecule has 0 N–H and O–H groups in total. The number of hydrogen-bond donors (Lipinski definition) is 0. The molecule has 1 nitrogen and oxygen atoms in total. The summed E-state index contributed by atoms with van der Waals surface area (Å²) in [6.07, 6.45) is 5.47. The van der Waals surface area contributed by atoms with Gasteiger partial charge in [-0.2, -0.15) is 0 Å². The molecule has 0 saturated carbocycles. The first-order chi connectivity index (χ1) is 8.22. The van der Waals surface area contributed by atoms with E-state index in [1.165, 1.54) is 30.6 Å². The zero-order valence-corrected chi connectivity index (χ0v) is 11.7. The SMILES string of the molecule is CN1C2CCC1CC(Sc1cccc(Cl)c1)C2. The lowest BCUT2D eigenvalue weighted by molar-refractivity contribution is 0.183. The minimum absolute atomic E-state index is 0.780. The fourth-order valence-corrected chi connectivity index (χ4v) is 4.82.